The van der Waals surface area contributed by atoms with E-state index in [-0.39, 0.29) is 0 Å². The predicted octanol–water partition coefficient (Wildman–Crippen LogP) is 3.61. The maximum atomic E-state index is 8.95. The number of carbonyl (C=O) groups excluding carboxylic acids is 1. The number of methoxy groups -OCH3 is 1. The molecular weight excluding hydrogens is 226 g/mol. The van der Waals surface area contributed by atoms with Gasteiger partial charge in [-0.3, -0.25) is 4.79 Å². The van der Waals surface area contributed by atoms with Crippen LogP contribution < -0.4 is 0 Å². The molecule has 0 bridgehead atoms. The number of fused-ring (bicyclic) bond motifs is 1. The van der Waals surface area contributed by atoms with E-state index in [0.29, 0.717) is 6.47 Å². The number of aryl methyl sites for hydroxylation is 2. The smallest absolute Gasteiger partial charge is 0.292 e. The van der Waals surface area contributed by atoms with E-state index >= 15 is 0 Å². The number of hydrogen-bond donors (Lipinski definition) is 1. The maximum absolute atomic E-state index is 8.95. The van der Waals surface area contributed by atoms with Gasteiger partial charge in [-0.2, -0.15) is 0 Å². The zero-order valence-electron chi connectivity index (χ0n) is 11.3. The van der Waals surface area contributed by atoms with Gasteiger partial charge in [-0.05, 0) is 44.0 Å². The molecule has 2 rings (SSSR count). The van der Waals surface area contributed by atoms with Crippen molar-refractivity contribution in [1.29, 1.82) is 0 Å². The molecule has 0 fully saturated rings. The van der Waals surface area contributed by atoms with Crippen molar-refractivity contribution in [2.24, 2.45) is 0 Å². The molecule has 0 aliphatic carbocycles. The van der Waals surface area contributed by atoms with E-state index in [0.717, 1.165) is 0 Å². The number of nitrogens with one attached hydrogen (secondary N) is 1. The molecule has 1 aromatic carbocycles. The summed E-state index contributed by atoms with van der Waals surface area (Å²) >= 11 is 0. The lowest BCUT2D eigenvalue weighted by atomic mass is 10.0. The molecule has 2 aromatic rings. The lowest BCUT2D eigenvalue weighted by molar-refractivity contribution is -0.126. The van der Waals surface area contributed by atoms with Crippen molar-refractivity contribution in [2.75, 3.05) is 7.11 Å². The molecule has 96 valence electrons. The van der Waals surface area contributed by atoms with Gasteiger partial charge in [0.05, 0.1) is 7.11 Å². The number of allylic oxidation sites excluding steroid dienone is 1. The number of rotatable bonds is 2. The van der Waals surface area contributed by atoms with Gasteiger partial charge in [0.25, 0.3) is 6.47 Å². The second kappa shape index (κ2) is 6.64. The van der Waals surface area contributed by atoms with Crippen LogP contribution in [0.1, 0.15) is 23.7 Å². The molecule has 1 heterocycles. The first-order valence-corrected chi connectivity index (χ1v) is 5.82. The van der Waals surface area contributed by atoms with E-state index in [9.17, 15) is 0 Å². The molecule has 0 atom stereocenters. The van der Waals surface area contributed by atoms with Crippen LogP contribution in [0.3, 0.4) is 0 Å². The molecule has 0 unspecified atom stereocenters. The van der Waals surface area contributed by atoms with Gasteiger partial charge in [-0.1, -0.05) is 18.2 Å². The third kappa shape index (κ3) is 3.23. The lowest BCUT2D eigenvalue weighted by Crippen LogP contribution is -1.80. The Morgan fingerprint density at radius 2 is 1.94 bits per heavy atom. The third-order valence-corrected chi connectivity index (χ3v) is 2.69. The zero-order valence-corrected chi connectivity index (χ0v) is 11.3. The van der Waals surface area contributed by atoms with Gasteiger partial charge in [0.2, 0.25) is 0 Å². The van der Waals surface area contributed by atoms with Crippen LogP contribution in [-0.2, 0) is 9.53 Å². The Balaban J connectivity index is 0.000000357. The van der Waals surface area contributed by atoms with Crippen LogP contribution in [0.25, 0.3) is 17.0 Å². The quantitative estimate of drug-likeness (QED) is 0.821. The summed E-state index contributed by atoms with van der Waals surface area (Å²) in [5.41, 5.74) is 5.11. The summed E-state index contributed by atoms with van der Waals surface area (Å²) in [6.07, 6.45) is 4.23. The molecule has 1 N–H and O–H groups in total. The summed E-state index contributed by atoms with van der Waals surface area (Å²) in [7, 11) is 1.31. The van der Waals surface area contributed by atoms with Gasteiger partial charge in [-0.25, -0.2) is 0 Å². The van der Waals surface area contributed by atoms with Gasteiger partial charge in [0.1, 0.15) is 0 Å². The van der Waals surface area contributed by atoms with Crippen molar-refractivity contribution in [3.8, 4) is 0 Å². The van der Waals surface area contributed by atoms with E-state index in [2.05, 4.69) is 53.9 Å². The fraction of sp³-hybridized carbons (Fsp3) is 0.267. The first kappa shape index (κ1) is 14.0. The van der Waals surface area contributed by atoms with Crippen LogP contribution in [0.4, 0.5) is 0 Å². The number of aromatic amines is 1. The molecule has 0 radical (unpaired) electrons. The number of ether oxygens (including phenoxy) is 1. The molecule has 0 amide bonds. The lowest BCUT2D eigenvalue weighted by Gasteiger charge is -2.01. The first-order chi connectivity index (χ1) is 8.63. The second-order valence-electron chi connectivity index (χ2n) is 4.03. The van der Waals surface area contributed by atoms with Crippen molar-refractivity contribution >= 4 is 23.5 Å². The van der Waals surface area contributed by atoms with Crippen LogP contribution in [0.5, 0.6) is 0 Å². The van der Waals surface area contributed by atoms with Crippen molar-refractivity contribution < 1.29 is 9.53 Å². The summed E-state index contributed by atoms with van der Waals surface area (Å²) in [4.78, 5) is 12.3. The van der Waals surface area contributed by atoms with E-state index in [1.807, 2.05) is 6.92 Å². The van der Waals surface area contributed by atoms with Crippen molar-refractivity contribution in [2.45, 2.75) is 20.8 Å². The molecule has 0 saturated heterocycles. The van der Waals surface area contributed by atoms with Gasteiger partial charge < -0.3 is 9.72 Å². The SMILES string of the molecule is C/C=C\c1ccc2[nH]c(C)cc2c1C.COC=O. The molecule has 1 aromatic heterocycles. The largest absolute Gasteiger partial charge is 0.471 e. The number of benzene rings is 1. The van der Waals surface area contributed by atoms with Crippen LogP contribution in [-0.4, -0.2) is 18.6 Å². The van der Waals surface area contributed by atoms with E-state index in [4.69, 9.17) is 4.79 Å². The summed E-state index contributed by atoms with van der Waals surface area (Å²) in [5, 5.41) is 1.33. The molecular formula is C15H19NO2. The third-order valence-electron chi connectivity index (χ3n) is 2.69. The average Bonchev–Trinajstić information content (AvgIpc) is 2.75. The van der Waals surface area contributed by atoms with E-state index in [1.54, 1.807) is 0 Å². The average molecular weight is 245 g/mol. The topological polar surface area (TPSA) is 42.1 Å². The Bertz CT molecular complexity index is 553. The highest BCUT2D eigenvalue weighted by atomic mass is 16.5. The van der Waals surface area contributed by atoms with E-state index < -0.39 is 0 Å². The van der Waals surface area contributed by atoms with Crippen LogP contribution in [0, 0.1) is 13.8 Å². The fourth-order valence-electron chi connectivity index (χ4n) is 1.87. The summed E-state index contributed by atoms with van der Waals surface area (Å²) in [5.74, 6) is 0. The standard InChI is InChI=1S/C13H15N.C2H4O2/c1-4-5-11-6-7-13-12(10(11)3)8-9(2)14-13;1-4-2-3/h4-8,14H,1-3H3;2H,1H3/b5-4-;. The fourth-order valence-corrected chi connectivity index (χ4v) is 1.87. The van der Waals surface area contributed by atoms with Crippen LogP contribution in [0.15, 0.2) is 24.3 Å². The monoisotopic (exact) mass is 245 g/mol. The van der Waals surface area contributed by atoms with Gasteiger partial charge >= 0.3 is 0 Å². The zero-order chi connectivity index (χ0) is 13.5. The summed E-state index contributed by atoms with van der Waals surface area (Å²) in [6.45, 7) is 6.69. The van der Waals surface area contributed by atoms with Crippen molar-refractivity contribution in [3.05, 3.63) is 41.1 Å². The minimum absolute atomic E-state index is 0.375. The minimum Gasteiger partial charge on any atom is -0.471 e. The maximum Gasteiger partial charge on any atom is 0.292 e. The number of hydrogen-bond acceptors (Lipinski definition) is 2. The minimum atomic E-state index is 0.375. The molecule has 0 saturated carbocycles. The van der Waals surface area contributed by atoms with Gasteiger partial charge in [0.15, 0.2) is 0 Å². The highest BCUT2D eigenvalue weighted by Crippen LogP contribution is 2.23. The number of aromatic nitrogens is 1. The molecule has 0 spiro atoms. The Kier molecular flexibility index (Phi) is 5.18. The second-order valence-corrected chi connectivity index (χ2v) is 4.03. The number of H-pyrrole nitrogens is 1. The molecule has 0 aliphatic heterocycles. The molecule has 18 heavy (non-hydrogen) atoms. The normalized spacial score (nSPS) is 10.2. The Morgan fingerprint density at radius 3 is 2.50 bits per heavy atom. The van der Waals surface area contributed by atoms with Crippen molar-refractivity contribution in [1.82, 2.24) is 4.98 Å². The molecule has 0 aliphatic rings. The van der Waals surface area contributed by atoms with Gasteiger partial charge in [-0.15, -0.1) is 0 Å². The Labute approximate surface area is 107 Å². The first-order valence-electron chi connectivity index (χ1n) is 5.82. The Morgan fingerprint density at radius 1 is 1.28 bits per heavy atom. The van der Waals surface area contributed by atoms with Crippen LogP contribution in [0.2, 0.25) is 0 Å². The molecule has 3 nitrogen and oxygen atoms in total. The summed E-state index contributed by atoms with van der Waals surface area (Å²) in [6, 6.07) is 6.51. The predicted molar refractivity (Wildman–Crippen MR) is 75.6 cm³/mol. The molecule has 3 heteroatoms. The highest BCUT2D eigenvalue weighted by molar-refractivity contribution is 5.86. The highest BCUT2D eigenvalue weighted by Gasteiger charge is 2.02. The van der Waals surface area contributed by atoms with Gasteiger partial charge in [0, 0.05) is 16.6 Å². The van der Waals surface area contributed by atoms with Crippen molar-refractivity contribution in [3.63, 3.8) is 0 Å². The Hall–Kier alpha value is -2.03. The number of carbonyl (C=O) groups is 1. The van der Waals surface area contributed by atoms with E-state index in [1.165, 1.54) is 34.8 Å². The summed E-state index contributed by atoms with van der Waals surface area (Å²) < 4.78 is 3.86. The van der Waals surface area contributed by atoms with Crippen LogP contribution >= 0.6 is 0 Å².